The van der Waals surface area contributed by atoms with Gasteiger partial charge in [0.05, 0.1) is 6.42 Å². The predicted molar refractivity (Wildman–Crippen MR) is 104 cm³/mol. The van der Waals surface area contributed by atoms with Gasteiger partial charge < -0.3 is 10.1 Å². The number of hydrazine groups is 1. The zero-order chi connectivity index (χ0) is 17.9. The second-order valence-electron chi connectivity index (χ2n) is 5.52. The third kappa shape index (κ3) is 6.91. The van der Waals surface area contributed by atoms with Crippen molar-refractivity contribution in [3.8, 4) is 11.1 Å². The molecule has 6 heteroatoms. The van der Waals surface area contributed by atoms with Crippen molar-refractivity contribution < 1.29 is 9.53 Å². The minimum absolute atomic E-state index is 0.145. The van der Waals surface area contributed by atoms with E-state index in [4.69, 9.17) is 17.0 Å². The average Bonchev–Trinajstić information content (AvgIpc) is 2.65. The lowest BCUT2D eigenvalue weighted by Crippen LogP contribution is -2.47. The van der Waals surface area contributed by atoms with Gasteiger partial charge in [0.2, 0.25) is 5.91 Å². The molecule has 25 heavy (non-hydrogen) atoms. The van der Waals surface area contributed by atoms with E-state index < -0.39 is 0 Å². The minimum atomic E-state index is -0.145. The second kappa shape index (κ2) is 10.4. The van der Waals surface area contributed by atoms with Gasteiger partial charge >= 0.3 is 0 Å². The highest BCUT2D eigenvalue weighted by Crippen LogP contribution is 2.19. The van der Waals surface area contributed by atoms with Gasteiger partial charge in [0, 0.05) is 20.3 Å². The number of ether oxygens (including phenoxy) is 1. The molecule has 0 spiro atoms. The van der Waals surface area contributed by atoms with Gasteiger partial charge in [-0.15, -0.1) is 0 Å². The molecule has 0 bridgehead atoms. The fourth-order valence-corrected chi connectivity index (χ4v) is 2.42. The number of hydrogen-bond acceptors (Lipinski definition) is 3. The Hall–Kier alpha value is -2.44. The van der Waals surface area contributed by atoms with Crippen molar-refractivity contribution in [3.05, 3.63) is 60.2 Å². The van der Waals surface area contributed by atoms with Crippen LogP contribution in [0.2, 0.25) is 0 Å². The molecular weight excluding hydrogens is 334 g/mol. The molecule has 0 saturated carbocycles. The van der Waals surface area contributed by atoms with Crippen LogP contribution >= 0.6 is 12.2 Å². The van der Waals surface area contributed by atoms with E-state index in [1.807, 2.05) is 42.5 Å². The molecule has 0 saturated heterocycles. The lowest BCUT2D eigenvalue weighted by Gasteiger charge is -2.11. The van der Waals surface area contributed by atoms with Crippen LogP contribution < -0.4 is 16.2 Å². The van der Waals surface area contributed by atoms with Crippen LogP contribution in [0.25, 0.3) is 11.1 Å². The smallest absolute Gasteiger partial charge is 0.242 e. The summed E-state index contributed by atoms with van der Waals surface area (Å²) in [5, 5.41) is 3.38. The maximum atomic E-state index is 12.0. The second-order valence-corrected chi connectivity index (χ2v) is 5.92. The van der Waals surface area contributed by atoms with Crippen LogP contribution in [-0.2, 0) is 16.0 Å². The van der Waals surface area contributed by atoms with Crippen LogP contribution in [0, 0.1) is 0 Å². The summed E-state index contributed by atoms with van der Waals surface area (Å²) in [6, 6.07) is 18.1. The van der Waals surface area contributed by atoms with Crippen molar-refractivity contribution in [2.24, 2.45) is 0 Å². The van der Waals surface area contributed by atoms with Crippen LogP contribution in [0.5, 0.6) is 0 Å². The van der Waals surface area contributed by atoms with Crippen LogP contribution in [0.15, 0.2) is 54.6 Å². The molecule has 1 amide bonds. The van der Waals surface area contributed by atoms with Gasteiger partial charge in [-0.25, -0.2) is 0 Å². The summed E-state index contributed by atoms with van der Waals surface area (Å²) in [6.07, 6.45) is 1.13. The fourth-order valence-electron chi connectivity index (χ4n) is 2.26. The summed E-state index contributed by atoms with van der Waals surface area (Å²) < 4.78 is 4.95. The first-order valence-electron chi connectivity index (χ1n) is 8.15. The molecule has 0 unspecified atom stereocenters. The van der Waals surface area contributed by atoms with Gasteiger partial charge in [0.25, 0.3) is 0 Å². The summed E-state index contributed by atoms with van der Waals surface area (Å²) >= 11 is 5.08. The Morgan fingerprint density at radius 3 is 2.36 bits per heavy atom. The largest absolute Gasteiger partial charge is 0.385 e. The van der Waals surface area contributed by atoms with E-state index in [1.54, 1.807) is 7.11 Å². The predicted octanol–water partition coefficient (Wildman–Crippen LogP) is 2.43. The molecule has 0 aliphatic carbocycles. The Morgan fingerprint density at radius 2 is 1.68 bits per heavy atom. The van der Waals surface area contributed by atoms with E-state index in [-0.39, 0.29) is 12.3 Å². The molecule has 2 aromatic carbocycles. The summed E-state index contributed by atoms with van der Waals surface area (Å²) in [7, 11) is 1.66. The topological polar surface area (TPSA) is 62.4 Å². The summed E-state index contributed by atoms with van der Waals surface area (Å²) in [5.74, 6) is -0.145. The van der Waals surface area contributed by atoms with Crippen molar-refractivity contribution in [3.63, 3.8) is 0 Å². The Morgan fingerprint density at radius 1 is 1.00 bits per heavy atom. The van der Waals surface area contributed by atoms with Crippen LogP contribution in [0.3, 0.4) is 0 Å². The highest BCUT2D eigenvalue weighted by atomic mass is 32.1. The Labute approximate surface area is 153 Å². The number of amides is 1. The monoisotopic (exact) mass is 357 g/mol. The molecule has 0 radical (unpaired) electrons. The van der Waals surface area contributed by atoms with Crippen molar-refractivity contribution in [1.29, 1.82) is 0 Å². The minimum Gasteiger partial charge on any atom is -0.385 e. The number of benzene rings is 2. The highest BCUT2D eigenvalue weighted by molar-refractivity contribution is 7.80. The molecule has 3 N–H and O–H groups in total. The Kier molecular flexibility index (Phi) is 7.88. The lowest BCUT2D eigenvalue weighted by molar-refractivity contribution is -0.121. The summed E-state index contributed by atoms with van der Waals surface area (Å²) in [5.41, 5.74) is 8.52. The number of thiocarbonyl (C=S) groups is 1. The van der Waals surface area contributed by atoms with Gasteiger partial charge in [-0.05, 0) is 35.3 Å². The average molecular weight is 357 g/mol. The van der Waals surface area contributed by atoms with Gasteiger partial charge in [-0.2, -0.15) is 0 Å². The van der Waals surface area contributed by atoms with Gasteiger partial charge in [-0.1, -0.05) is 54.6 Å². The quantitative estimate of drug-likeness (QED) is 0.404. The number of rotatable bonds is 7. The van der Waals surface area contributed by atoms with E-state index in [9.17, 15) is 4.79 Å². The summed E-state index contributed by atoms with van der Waals surface area (Å²) in [6.45, 7) is 1.36. The highest BCUT2D eigenvalue weighted by Gasteiger charge is 2.04. The molecule has 132 valence electrons. The molecular formula is C19H23N3O2S. The first-order chi connectivity index (χ1) is 12.2. The zero-order valence-corrected chi connectivity index (χ0v) is 15.1. The van der Waals surface area contributed by atoms with Crippen molar-refractivity contribution in [2.75, 3.05) is 20.3 Å². The number of hydrogen-bond donors (Lipinski definition) is 3. The van der Waals surface area contributed by atoms with Crippen molar-refractivity contribution >= 4 is 23.2 Å². The first kappa shape index (κ1) is 18.9. The maximum absolute atomic E-state index is 12.0. The van der Waals surface area contributed by atoms with E-state index in [0.29, 0.717) is 18.3 Å². The van der Waals surface area contributed by atoms with Gasteiger partial charge in [-0.3, -0.25) is 15.6 Å². The molecule has 0 aromatic heterocycles. The van der Waals surface area contributed by atoms with Crippen molar-refractivity contribution in [1.82, 2.24) is 16.2 Å². The van der Waals surface area contributed by atoms with Crippen LogP contribution in [0.4, 0.5) is 0 Å². The third-order valence-corrected chi connectivity index (χ3v) is 3.80. The van der Waals surface area contributed by atoms with E-state index >= 15 is 0 Å². The molecule has 0 fully saturated rings. The van der Waals surface area contributed by atoms with Gasteiger partial charge in [0.15, 0.2) is 5.11 Å². The standard InChI is InChI=1S/C19H23N3O2S/c1-24-13-5-12-20-19(25)22-21-18(23)14-15-8-10-17(11-9-15)16-6-3-2-4-7-16/h2-4,6-11H,5,12-14H2,1H3,(H,21,23)(H2,20,22,25). The number of nitrogens with one attached hydrogen (secondary N) is 3. The van der Waals surface area contributed by atoms with Crippen molar-refractivity contribution in [2.45, 2.75) is 12.8 Å². The molecule has 0 atom stereocenters. The van der Waals surface area contributed by atoms with Crippen LogP contribution in [-0.4, -0.2) is 31.3 Å². The number of carbonyl (C=O) groups excluding carboxylic acids is 1. The SMILES string of the molecule is COCCCNC(=S)NNC(=O)Cc1ccc(-c2ccccc2)cc1. The van der Waals surface area contributed by atoms with E-state index in [0.717, 1.165) is 23.1 Å². The lowest BCUT2D eigenvalue weighted by atomic mass is 10.0. The van der Waals surface area contributed by atoms with E-state index in [1.165, 1.54) is 0 Å². The number of methoxy groups -OCH3 is 1. The third-order valence-electron chi connectivity index (χ3n) is 3.55. The molecule has 2 aromatic rings. The van der Waals surface area contributed by atoms with Gasteiger partial charge in [0.1, 0.15) is 0 Å². The van der Waals surface area contributed by atoms with Crippen LogP contribution in [0.1, 0.15) is 12.0 Å². The maximum Gasteiger partial charge on any atom is 0.242 e. The Bertz CT molecular complexity index is 675. The Balaban J connectivity index is 1.74. The molecule has 0 aliphatic rings. The fraction of sp³-hybridized carbons (Fsp3) is 0.263. The normalized spacial score (nSPS) is 10.1. The number of carbonyl (C=O) groups is 1. The molecule has 0 aliphatic heterocycles. The molecule has 0 heterocycles. The summed E-state index contributed by atoms with van der Waals surface area (Å²) in [4.78, 5) is 12.0. The van der Waals surface area contributed by atoms with E-state index in [2.05, 4.69) is 28.3 Å². The molecule has 5 nitrogen and oxygen atoms in total. The zero-order valence-electron chi connectivity index (χ0n) is 14.2. The molecule has 2 rings (SSSR count). The first-order valence-corrected chi connectivity index (χ1v) is 8.56.